The van der Waals surface area contributed by atoms with Gasteiger partial charge in [0.25, 0.3) is 0 Å². The molecular formula is C18H26BNO5S. The molecule has 1 amide bonds. The number of hydrogen-bond donors (Lipinski definition) is 1. The number of benzene rings is 1. The van der Waals surface area contributed by atoms with Gasteiger partial charge in [-0.25, -0.2) is 8.42 Å². The van der Waals surface area contributed by atoms with Gasteiger partial charge in [0, 0.05) is 19.7 Å². The number of hydrogen-bond acceptors (Lipinski definition) is 5. The van der Waals surface area contributed by atoms with E-state index in [-0.39, 0.29) is 17.3 Å². The van der Waals surface area contributed by atoms with E-state index in [0.717, 1.165) is 0 Å². The lowest BCUT2D eigenvalue weighted by molar-refractivity contribution is -0.118. The summed E-state index contributed by atoms with van der Waals surface area (Å²) in [5.41, 5.74) is 0.385. The second-order valence-corrected chi connectivity index (χ2v) is 9.58. The monoisotopic (exact) mass is 379 g/mol. The van der Waals surface area contributed by atoms with Crippen molar-refractivity contribution in [3.8, 4) is 0 Å². The Morgan fingerprint density at radius 1 is 1.19 bits per heavy atom. The molecule has 0 aliphatic carbocycles. The van der Waals surface area contributed by atoms with Gasteiger partial charge in [-0.2, -0.15) is 0 Å². The normalized spacial score (nSPS) is 19.5. The van der Waals surface area contributed by atoms with Gasteiger partial charge >= 0.3 is 7.12 Å². The molecule has 1 fully saturated rings. The molecule has 0 saturated carbocycles. The van der Waals surface area contributed by atoms with Gasteiger partial charge in [0.05, 0.1) is 16.1 Å². The highest BCUT2D eigenvalue weighted by molar-refractivity contribution is 7.90. The lowest BCUT2D eigenvalue weighted by Crippen LogP contribution is -2.41. The van der Waals surface area contributed by atoms with Crippen LogP contribution in [0.2, 0.25) is 0 Å². The van der Waals surface area contributed by atoms with Crippen molar-refractivity contribution in [2.75, 3.05) is 12.8 Å². The van der Waals surface area contributed by atoms with Crippen LogP contribution in [-0.2, 0) is 23.9 Å². The van der Waals surface area contributed by atoms with E-state index in [2.05, 4.69) is 5.32 Å². The zero-order valence-electron chi connectivity index (χ0n) is 16.1. The minimum atomic E-state index is -3.30. The van der Waals surface area contributed by atoms with E-state index < -0.39 is 28.2 Å². The molecule has 1 aromatic rings. The van der Waals surface area contributed by atoms with E-state index in [1.54, 1.807) is 30.3 Å². The van der Waals surface area contributed by atoms with Gasteiger partial charge in [0.15, 0.2) is 9.84 Å². The van der Waals surface area contributed by atoms with Crippen LogP contribution in [0.5, 0.6) is 0 Å². The number of amides is 1. The fourth-order valence-electron chi connectivity index (χ4n) is 2.47. The summed E-state index contributed by atoms with van der Waals surface area (Å²) in [5, 5.41) is 2.76. The number of rotatable bonds is 5. The minimum Gasteiger partial charge on any atom is -0.400 e. The highest BCUT2D eigenvalue weighted by Gasteiger charge is 2.52. The number of nitrogens with one attached hydrogen (secondary N) is 1. The molecule has 26 heavy (non-hydrogen) atoms. The van der Waals surface area contributed by atoms with Crippen LogP contribution in [0.25, 0.3) is 6.08 Å². The molecule has 142 valence electrons. The van der Waals surface area contributed by atoms with E-state index >= 15 is 0 Å². The van der Waals surface area contributed by atoms with Crippen molar-refractivity contribution in [1.82, 2.24) is 5.32 Å². The van der Waals surface area contributed by atoms with E-state index in [1.165, 1.54) is 13.2 Å². The lowest BCUT2D eigenvalue weighted by Gasteiger charge is -2.32. The fourth-order valence-corrected chi connectivity index (χ4v) is 3.15. The summed E-state index contributed by atoms with van der Waals surface area (Å²) in [6, 6.07) is 6.62. The minimum absolute atomic E-state index is 0.169. The molecule has 0 unspecified atom stereocenters. The average Bonchev–Trinajstić information content (AvgIpc) is 2.71. The van der Waals surface area contributed by atoms with Gasteiger partial charge in [-0.05, 0) is 50.9 Å². The third-order valence-corrected chi connectivity index (χ3v) is 5.85. The fraction of sp³-hybridized carbons (Fsp3) is 0.500. The Kier molecular flexibility index (Phi) is 5.70. The van der Waals surface area contributed by atoms with Crippen LogP contribution in [0.1, 0.15) is 40.2 Å². The van der Waals surface area contributed by atoms with Crippen LogP contribution in [0.15, 0.2) is 34.6 Å². The Morgan fingerprint density at radius 2 is 1.77 bits per heavy atom. The van der Waals surface area contributed by atoms with Gasteiger partial charge in [-0.1, -0.05) is 18.2 Å². The Morgan fingerprint density at radius 3 is 2.27 bits per heavy atom. The van der Waals surface area contributed by atoms with Gasteiger partial charge in [-0.3, -0.25) is 4.79 Å². The van der Waals surface area contributed by atoms with Crippen molar-refractivity contribution in [3.05, 3.63) is 35.3 Å². The topological polar surface area (TPSA) is 81.7 Å². The summed E-state index contributed by atoms with van der Waals surface area (Å²) in [4.78, 5) is 11.6. The van der Waals surface area contributed by atoms with Crippen LogP contribution >= 0.6 is 0 Å². The molecule has 2 rings (SSSR count). The Balaban J connectivity index is 2.40. The number of sulfone groups is 1. The smallest absolute Gasteiger partial charge is 0.400 e. The molecule has 1 aliphatic heterocycles. The first kappa shape index (κ1) is 20.7. The molecular weight excluding hydrogens is 353 g/mol. The standard InChI is InChI=1S/C18H26BNO5S/c1-13(21)20-12-15(19-24-17(2,3)18(4,5)25-19)10-14-8-7-9-16(11-14)26(6,22)23/h7-11H,12H2,1-6H3,(H,20,21). The SMILES string of the molecule is CC(=O)NCC(=Cc1cccc(S(C)(=O)=O)c1)B1OC(C)(C)C(C)(C)O1. The zero-order chi connectivity index (χ0) is 19.8. The van der Waals surface area contributed by atoms with Gasteiger partial charge in [-0.15, -0.1) is 0 Å². The van der Waals surface area contributed by atoms with Gasteiger partial charge in [0.1, 0.15) is 0 Å². The Hall–Kier alpha value is -1.64. The van der Waals surface area contributed by atoms with E-state index in [9.17, 15) is 13.2 Å². The third-order valence-electron chi connectivity index (χ3n) is 4.74. The molecule has 0 aromatic heterocycles. The summed E-state index contributed by atoms with van der Waals surface area (Å²) in [6.07, 6.45) is 2.97. The Labute approximate surface area is 156 Å². The largest absolute Gasteiger partial charge is 0.492 e. The van der Waals surface area contributed by atoms with Crippen LogP contribution in [0, 0.1) is 0 Å². The highest BCUT2D eigenvalue weighted by Crippen LogP contribution is 2.38. The van der Waals surface area contributed by atoms with Crippen molar-refractivity contribution < 1.29 is 22.5 Å². The molecule has 0 spiro atoms. The predicted octanol–water partition coefficient (Wildman–Crippen LogP) is 2.24. The molecule has 1 heterocycles. The van der Waals surface area contributed by atoms with E-state index in [1.807, 2.05) is 27.7 Å². The van der Waals surface area contributed by atoms with Gasteiger partial charge in [0.2, 0.25) is 5.91 Å². The highest BCUT2D eigenvalue weighted by atomic mass is 32.2. The maximum atomic E-state index is 11.8. The van der Waals surface area contributed by atoms with Crippen LogP contribution in [0.4, 0.5) is 0 Å². The van der Waals surface area contributed by atoms with Crippen LogP contribution < -0.4 is 5.32 Å². The average molecular weight is 379 g/mol. The second-order valence-electron chi connectivity index (χ2n) is 7.56. The molecule has 0 bridgehead atoms. The first-order valence-corrected chi connectivity index (χ1v) is 10.3. The molecule has 8 heteroatoms. The molecule has 1 aromatic carbocycles. The van der Waals surface area contributed by atoms with E-state index in [0.29, 0.717) is 11.0 Å². The first-order chi connectivity index (χ1) is 11.8. The quantitative estimate of drug-likeness (QED) is 0.794. The van der Waals surface area contributed by atoms with Crippen molar-refractivity contribution in [1.29, 1.82) is 0 Å². The lowest BCUT2D eigenvalue weighted by atomic mass is 9.77. The summed E-state index contributed by atoms with van der Waals surface area (Å²) in [7, 11) is -3.94. The third kappa shape index (κ3) is 4.75. The number of carbonyl (C=O) groups is 1. The summed E-state index contributed by atoms with van der Waals surface area (Å²) >= 11 is 0. The summed E-state index contributed by atoms with van der Waals surface area (Å²) < 4.78 is 35.7. The Bertz CT molecular complexity index is 814. The molecule has 6 nitrogen and oxygen atoms in total. The molecule has 0 radical (unpaired) electrons. The zero-order valence-corrected chi connectivity index (χ0v) is 16.9. The van der Waals surface area contributed by atoms with Crippen LogP contribution in [0.3, 0.4) is 0 Å². The predicted molar refractivity (Wildman–Crippen MR) is 102 cm³/mol. The maximum absolute atomic E-state index is 11.8. The van der Waals surface area contributed by atoms with Crippen molar-refractivity contribution in [2.45, 2.75) is 50.7 Å². The van der Waals surface area contributed by atoms with Crippen molar-refractivity contribution >= 4 is 28.9 Å². The van der Waals surface area contributed by atoms with E-state index in [4.69, 9.17) is 9.31 Å². The molecule has 1 N–H and O–H groups in total. The summed E-state index contributed by atoms with van der Waals surface area (Å²) in [6.45, 7) is 9.49. The van der Waals surface area contributed by atoms with Crippen LogP contribution in [-0.4, -0.2) is 45.4 Å². The van der Waals surface area contributed by atoms with Gasteiger partial charge < -0.3 is 14.6 Å². The molecule has 1 saturated heterocycles. The van der Waals surface area contributed by atoms with Crippen molar-refractivity contribution in [3.63, 3.8) is 0 Å². The molecule has 1 aliphatic rings. The first-order valence-electron chi connectivity index (χ1n) is 8.42. The summed E-state index contributed by atoms with van der Waals surface area (Å²) in [5.74, 6) is -0.169. The second kappa shape index (κ2) is 7.17. The number of carbonyl (C=O) groups excluding carboxylic acids is 1. The van der Waals surface area contributed by atoms with Crippen molar-refractivity contribution in [2.24, 2.45) is 0 Å². The maximum Gasteiger partial charge on any atom is 0.492 e. The molecule has 0 atom stereocenters.